The molecule has 0 radical (unpaired) electrons. The molecule has 2 aliphatic rings. The minimum atomic E-state index is 0.875. The summed E-state index contributed by atoms with van der Waals surface area (Å²) < 4.78 is 0. The first-order valence-corrected chi connectivity index (χ1v) is 8.65. The van der Waals surface area contributed by atoms with Gasteiger partial charge in [-0.05, 0) is 63.1 Å². The first-order chi connectivity index (χ1) is 9.20. The van der Waals surface area contributed by atoms with E-state index in [1.165, 1.54) is 64.7 Å². The molecule has 1 aliphatic carbocycles. The van der Waals surface area contributed by atoms with Crippen molar-refractivity contribution in [1.29, 1.82) is 0 Å². The van der Waals surface area contributed by atoms with Crippen molar-refractivity contribution in [1.82, 2.24) is 10.2 Å². The van der Waals surface area contributed by atoms with Crippen molar-refractivity contribution in [2.24, 2.45) is 17.8 Å². The van der Waals surface area contributed by atoms with Gasteiger partial charge in [-0.15, -0.1) is 0 Å². The van der Waals surface area contributed by atoms with E-state index in [1.54, 1.807) is 0 Å². The monoisotopic (exact) mass is 266 g/mol. The lowest BCUT2D eigenvalue weighted by molar-refractivity contribution is 0.0965. The SMILES string of the molecule is CCN(CC1CCNCC1)C1CCCC(C(C)C)C1. The number of nitrogens with zero attached hydrogens (tertiary/aromatic N) is 1. The van der Waals surface area contributed by atoms with Gasteiger partial charge in [0.25, 0.3) is 0 Å². The summed E-state index contributed by atoms with van der Waals surface area (Å²) in [5.74, 6) is 2.79. The zero-order chi connectivity index (χ0) is 13.7. The molecule has 1 N–H and O–H groups in total. The molecule has 0 aromatic carbocycles. The summed E-state index contributed by atoms with van der Waals surface area (Å²) in [4.78, 5) is 2.81. The number of piperidine rings is 1. The predicted molar refractivity (Wildman–Crippen MR) is 83.4 cm³/mol. The fraction of sp³-hybridized carbons (Fsp3) is 1.00. The third-order valence-corrected chi connectivity index (χ3v) is 5.50. The molecule has 112 valence electrons. The lowest BCUT2D eigenvalue weighted by atomic mass is 9.78. The lowest BCUT2D eigenvalue weighted by Crippen LogP contribution is -2.44. The van der Waals surface area contributed by atoms with E-state index in [2.05, 4.69) is 31.0 Å². The van der Waals surface area contributed by atoms with E-state index in [4.69, 9.17) is 0 Å². The van der Waals surface area contributed by atoms with Gasteiger partial charge in [0.1, 0.15) is 0 Å². The van der Waals surface area contributed by atoms with E-state index in [-0.39, 0.29) is 0 Å². The van der Waals surface area contributed by atoms with Crippen molar-refractivity contribution in [2.75, 3.05) is 26.2 Å². The largest absolute Gasteiger partial charge is 0.317 e. The molecule has 0 aromatic heterocycles. The van der Waals surface area contributed by atoms with E-state index in [1.807, 2.05) is 0 Å². The van der Waals surface area contributed by atoms with Crippen molar-refractivity contribution >= 4 is 0 Å². The van der Waals surface area contributed by atoms with Gasteiger partial charge in [-0.1, -0.05) is 33.6 Å². The van der Waals surface area contributed by atoms with E-state index < -0.39 is 0 Å². The quantitative estimate of drug-likeness (QED) is 0.819. The second kappa shape index (κ2) is 7.64. The second-order valence-corrected chi connectivity index (χ2v) is 7.11. The van der Waals surface area contributed by atoms with Gasteiger partial charge in [0, 0.05) is 12.6 Å². The van der Waals surface area contributed by atoms with Crippen molar-refractivity contribution in [2.45, 2.75) is 65.3 Å². The maximum Gasteiger partial charge on any atom is 0.00979 e. The Bertz CT molecular complexity index is 246. The molecule has 0 spiro atoms. The molecule has 0 bridgehead atoms. The highest BCUT2D eigenvalue weighted by Gasteiger charge is 2.29. The van der Waals surface area contributed by atoms with Crippen molar-refractivity contribution in [3.8, 4) is 0 Å². The van der Waals surface area contributed by atoms with Crippen LogP contribution in [0.15, 0.2) is 0 Å². The Morgan fingerprint density at radius 3 is 2.47 bits per heavy atom. The normalized spacial score (nSPS) is 30.2. The van der Waals surface area contributed by atoms with Gasteiger partial charge in [0.2, 0.25) is 0 Å². The summed E-state index contributed by atoms with van der Waals surface area (Å²) in [5, 5.41) is 3.49. The first kappa shape index (κ1) is 15.3. The molecule has 1 saturated carbocycles. The molecule has 1 aliphatic heterocycles. The molecule has 2 fully saturated rings. The summed E-state index contributed by atoms with van der Waals surface area (Å²) in [7, 11) is 0. The predicted octanol–water partition coefficient (Wildman–Crippen LogP) is 3.52. The van der Waals surface area contributed by atoms with Gasteiger partial charge in [0.15, 0.2) is 0 Å². The smallest absolute Gasteiger partial charge is 0.00979 e. The Morgan fingerprint density at radius 1 is 1.11 bits per heavy atom. The standard InChI is InChI=1S/C17H34N2/c1-4-19(13-15-8-10-18-11-9-15)17-7-5-6-16(12-17)14(2)3/h14-18H,4-13H2,1-3H3. The minimum absolute atomic E-state index is 0.875. The highest BCUT2D eigenvalue weighted by atomic mass is 15.2. The highest BCUT2D eigenvalue weighted by molar-refractivity contribution is 4.83. The van der Waals surface area contributed by atoms with Crippen LogP contribution in [0, 0.1) is 17.8 Å². The second-order valence-electron chi connectivity index (χ2n) is 7.11. The van der Waals surface area contributed by atoms with Crippen molar-refractivity contribution < 1.29 is 0 Å². The molecule has 1 heterocycles. The zero-order valence-electron chi connectivity index (χ0n) is 13.3. The van der Waals surface area contributed by atoms with E-state index >= 15 is 0 Å². The van der Waals surface area contributed by atoms with Crippen LogP contribution in [0.3, 0.4) is 0 Å². The molecule has 19 heavy (non-hydrogen) atoms. The third-order valence-electron chi connectivity index (χ3n) is 5.50. The van der Waals surface area contributed by atoms with Crippen LogP contribution in [0.25, 0.3) is 0 Å². The van der Waals surface area contributed by atoms with Gasteiger partial charge >= 0.3 is 0 Å². The van der Waals surface area contributed by atoms with Crippen LogP contribution in [0.5, 0.6) is 0 Å². The van der Waals surface area contributed by atoms with Gasteiger partial charge < -0.3 is 10.2 Å². The Kier molecular flexibility index (Phi) is 6.15. The van der Waals surface area contributed by atoms with Crippen LogP contribution in [-0.4, -0.2) is 37.1 Å². The fourth-order valence-electron chi connectivity index (χ4n) is 4.07. The Balaban J connectivity index is 1.85. The van der Waals surface area contributed by atoms with Crippen molar-refractivity contribution in [3.05, 3.63) is 0 Å². The van der Waals surface area contributed by atoms with Gasteiger partial charge in [-0.25, -0.2) is 0 Å². The van der Waals surface area contributed by atoms with Crippen LogP contribution in [0.1, 0.15) is 59.3 Å². The number of rotatable bonds is 5. The number of nitrogens with one attached hydrogen (secondary N) is 1. The average Bonchev–Trinajstić information content (AvgIpc) is 2.46. The van der Waals surface area contributed by atoms with Crippen LogP contribution in [0.4, 0.5) is 0 Å². The van der Waals surface area contributed by atoms with E-state index in [9.17, 15) is 0 Å². The molecule has 2 rings (SSSR count). The highest BCUT2D eigenvalue weighted by Crippen LogP contribution is 2.33. The molecule has 2 atom stereocenters. The summed E-state index contributed by atoms with van der Waals surface area (Å²) in [6.45, 7) is 12.3. The van der Waals surface area contributed by atoms with E-state index in [0.29, 0.717) is 0 Å². The molecular weight excluding hydrogens is 232 g/mol. The van der Waals surface area contributed by atoms with Gasteiger partial charge in [0.05, 0.1) is 0 Å². The fourth-order valence-corrected chi connectivity index (χ4v) is 4.07. The number of hydrogen-bond acceptors (Lipinski definition) is 2. The zero-order valence-corrected chi connectivity index (χ0v) is 13.3. The average molecular weight is 266 g/mol. The summed E-state index contributed by atoms with van der Waals surface area (Å²) in [6, 6.07) is 0.876. The van der Waals surface area contributed by atoms with Crippen molar-refractivity contribution in [3.63, 3.8) is 0 Å². The van der Waals surface area contributed by atoms with Crippen LogP contribution in [0.2, 0.25) is 0 Å². The van der Waals surface area contributed by atoms with Gasteiger partial charge in [-0.3, -0.25) is 0 Å². The molecular formula is C17H34N2. The minimum Gasteiger partial charge on any atom is -0.317 e. The summed E-state index contributed by atoms with van der Waals surface area (Å²) in [5.41, 5.74) is 0. The molecule has 0 aromatic rings. The number of hydrogen-bond donors (Lipinski definition) is 1. The Labute approximate surface area is 120 Å². The van der Waals surface area contributed by atoms with Crippen LogP contribution in [-0.2, 0) is 0 Å². The van der Waals surface area contributed by atoms with E-state index in [0.717, 1.165) is 23.8 Å². The molecule has 2 nitrogen and oxygen atoms in total. The van der Waals surface area contributed by atoms with Crippen LogP contribution < -0.4 is 5.32 Å². The third kappa shape index (κ3) is 4.46. The first-order valence-electron chi connectivity index (χ1n) is 8.65. The summed E-state index contributed by atoms with van der Waals surface area (Å²) >= 11 is 0. The van der Waals surface area contributed by atoms with Gasteiger partial charge in [-0.2, -0.15) is 0 Å². The Morgan fingerprint density at radius 2 is 1.84 bits per heavy atom. The molecule has 1 saturated heterocycles. The van der Waals surface area contributed by atoms with Crippen LogP contribution >= 0.6 is 0 Å². The molecule has 0 amide bonds. The lowest BCUT2D eigenvalue weighted by Gasteiger charge is -2.40. The topological polar surface area (TPSA) is 15.3 Å². The maximum atomic E-state index is 3.49. The summed E-state index contributed by atoms with van der Waals surface area (Å²) in [6.07, 6.45) is 8.60. The Hall–Kier alpha value is -0.0800. The molecule has 2 heteroatoms. The maximum absolute atomic E-state index is 3.49. The molecule has 2 unspecified atom stereocenters.